The molecule has 0 saturated carbocycles. The highest BCUT2D eigenvalue weighted by Crippen LogP contribution is 2.19. The van der Waals surface area contributed by atoms with Crippen LogP contribution in [0.25, 0.3) is 0 Å². The normalized spacial score (nSPS) is 9.88. The van der Waals surface area contributed by atoms with Crippen molar-refractivity contribution in [1.82, 2.24) is 10.9 Å². The summed E-state index contributed by atoms with van der Waals surface area (Å²) >= 11 is 11.2. The highest BCUT2D eigenvalue weighted by Gasteiger charge is 2.04. The van der Waals surface area contributed by atoms with E-state index in [4.69, 9.17) is 28.6 Å². The number of benzene rings is 2. The summed E-state index contributed by atoms with van der Waals surface area (Å²) in [5.41, 5.74) is 7.67. The van der Waals surface area contributed by atoms with Gasteiger partial charge in [-0.25, -0.2) is 0 Å². The minimum absolute atomic E-state index is 0.0955. The summed E-state index contributed by atoms with van der Waals surface area (Å²) in [6, 6.07) is 12.8. The highest BCUT2D eigenvalue weighted by molar-refractivity contribution is 7.80. The number of halogens is 1. The predicted molar refractivity (Wildman–Crippen MR) is 105 cm³/mol. The fourth-order valence-electron chi connectivity index (χ4n) is 1.89. The van der Waals surface area contributed by atoms with Crippen molar-refractivity contribution in [2.45, 2.75) is 6.92 Å². The fourth-order valence-corrected chi connectivity index (χ4v) is 2.24. The molecule has 2 aromatic rings. The number of thiocarbonyl (C=S) groups is 1. The number of rotatable bonds is 5. The van der Waals surface area contributed by atoms with E-state index >= 15 is 0 Å². The quantitative estimate of drug-likeness (QED) is 0.473. The molecule has 0 radical (unpaired) electrons. The van der Waals surface area contributed by atoms with Gasteiger partial charge in [-0.2, -0.15) is 0 Å². The monoisotopic (exact) mass is 378 g/mol. The van der Waals surface area contributed by atoms with E-state index in [2.05, 4.69) is 21.5 Å². The number of nitrogens with one attached hydrogen (secondary N) is 4. The molecule has 1 amide bonds. The van der Waals surface area contributed by atoms with E-state index < -0.39 is 0 Å². The summed E-state index contributed by atoms with van der Waals surface area (Å²) in [6.07, 6.45) is 0. The van der Waals surface area contributed by atoms with E-state index in [9.17, 15) is 4.79 Å². The van der Waals surface area contributed by atoms with Crippen molar-refractivity contribution < 1.29 is 9.53 Å². The Morgan fingerprint density at radius 3 is 2.44 bits per heavy atom. The van der Waals surface area contributed by atoms with Crippen LogP contribution in [-0.2, 0) is 4.79 Å². The first-order chi connectivity index (χ1) is 12.0. The third-order valence-electron chi connectivity index (χ3n) is 3.29. The topological polar surface area (TPSA) is 74.4 Å². The Morgan fingerprint density at radius 2 is 1.80 bits per heavy atom. The van der Waals surface area contributed by atoms with Gasteiger partial charge in [0.1, 0.15) is 5.75 Å². The van der Waals surface area contributed by atoms with Crippen LogP contribution in [0.2, 0.25) is 5.02 Å². The van der Waals surface area contributed by atoms with Crippen molar-refractivity contribution in [1.29, 1.82) is 0 Å². The number of hydrazine groups is 1. The van der Waals surface area contributed by atoms with E-state index in [1.165, 1.54) is 0 Å². The lowest BCUT2D eigenvalue weighted by molar-refractivity contribution is -0.119. The van der Waals surface area contributed by atoms with Gasteiger partial charge in [-0.05, 0) is 61.1 Å². The summed E-state index contributed by atoms with van der Waals surface area (Å²) in [5.74, 6) is 0.492. The number of hydrogen-bond donors (Lipinski definition) is 4. The lowest BCUT2D eigenvalue weighted by Crippen LogP contribution is -2.45. The number of carbonyl (C=O) groups excluding carboxylic acids is 1. The van der Waals surface area contributed by atoms with Crippen LogP contribution in [0.15, 0.2) is 42.5 Å². The summed E-state index contributed by atoms with van der Waals surface area (Å²) in [5, 5.41) is 6.83. The van der Waals surface area contributed by atoms with Crippen LogP contribution in [0.5, 0.6) is 5.75 Å². The maximum atomic E-state index is 11.8. The van der Waals surface area contributed by atoms with Crippen molar-refractivity contribution in [3.8, 4) is 5.75 Å². The van der Waals surface area contributed by atoms with E-state index in [1.807, 2.05) is 43.3 Å². The molecule has 0 bridgehead atoms. The van der Waals surface area contributed by atoms with Crippen LogP contribution >= 0.6 is 23.8 Å². The second-order valence-corrected chi connectivity index (χ2v) is 5.99. The molecule has 0 heterocycles. The first kappa shape index (κ1) is 18.8. The number of carbonyl (C=O) groups is 1. The molecule has 0 unspecified atom stereocenters. The van der Waals surface area contributed by atoms with Crippen LogP contribution in [0.1, 0.15) is 5.56 Å². The van der Waals surface area contributed by atoms with Gasteiger partial charge >= 0.3 is 0 Å². The zero-order valence-corrected chi connectivity index (χ0v) is 15.4. The largest absolute Gasteiger partial charge is 0.497 e. The number of ether oxygens (including phenoxy) is 1. The Labute approximate surface area is 156 Å². The van der Waals surface area contributed by atoms with E-state index in [-0.39, 0.29) is 17.6 Å². The molecule has 132 valence electrons. The summed E-state index contributed by atoms with van der Waals surface area (Å²) in [4.78, 5) is 11.8. The van der Waals surface area contributed by atoms with Gasteiger partial charge in [0.2, 0.25) is 0 Å². The number of amides is 1. The van der Waals surface area contributed by atoms with Crippen molar-refractivity contribution in [2.75, 3.05) is 24.3 Å². The zero-order chi connectivity index (χ0) is 18.2. The third kappa shape index (κ3) is 6.13. The number of aryl methyl sites for hydroxylation is 1. The van der Waals surface area contributed by atoms with Crippen LogP contribution in [-0.4, -0.2) is 24.7 Å². The van der Waals surface area contributed by atoms with Crippen molar-refractivity contribution in [3.05, 3.63) is 53.1 Å². The molecule has 2 aromatic carbocycles. The molecular formula is C17H19ClN4O2S. The van der Waals surface area contributed by atoms with Gasteiger partial charge < -0.3 is 15.4 Å². The van der Waals surface area contributed by atoms with E-state index in [0.29, 0.717) is 5.02 Å². The number of hydrogen-bond acceptors (Lipinski definition) is 4. The Balaban J connectivity index is 1.73. The molecular weight excluding hydrogens is 360 g/mol. The summed E-state index contributed by atoms with van der Waals surface area (Å²) < 4.78 is 5.08. The molecule has 25 heavy (non-hydrogen) atoms. The average Bonchev–Trinajstić information content (AvgIpc) is 2.61. The summed E-state index contributed by atoms with van der Waals surface area (Å²) in [7, 11) is 1.60. The lowest BCUT2D eigenvalue weighted by atomic mass is 10.2. The van der Waals surface area contributed by atoms with Gasteiger partial charge in [-0.1, -0.05) is 17.7 Å². The maximum Gasteiger partial charge on any atom is 0.257 e. The molecule has 0 atom stereocenters. The SMILES string of the molecule is COc1ccc(NCC(=O)NNC(=S)Nc2ccc(C)c(Cl)c2)cc1. The van der Waals surface area contributed by atoms with Crippen LogP contribution < -0.4 is 26.2 Å². The molecule has 0 aliphatic rings. The standard InChI is InChI=1S/C17H19ClN4O2S/c1-11-3-4-13(9-15(11)18)20-17(25)22-21-16(23)10-19-12-5-7-14(24-2)8-6-12/h3-9,19H,10H2,1-2H3,(H,21,23)(H2,20,22,25). The lowest BCUT2D eigenvalue weighted by Gasteiger charge is -2.13. The molecule has 0 saturated heterocycles. The van der Waals surface area contributed by atoms with Gasteiger partial charge in [0.15, 0.2) is 5.11 Å². The molecule has 0 spiro atoms. The Morgan fingerprint density at radius 1 is 1.12 bits per heavy atom. The van der Waals surface area contributed by atoms with Gasteiger partial charge in [0, 0.05) is 16.4 Å². The van der Waals surface area contributed by atoms with Crippen LogP contribution in [0.3, 0.4) is 0 Å². The van der Waals surface area contributed by atoms with Crippen molar-refractivity contribution in [2.24, 2.45) is 0 Å². The first-order valence-corrected chi connectivity index (χ1v) is 8.26. The Hall–Kier alpha value is -2.51. The third-order valence-corrected chi connectivity index (χ3v) is 3.90. The minimum Gasteiger partial charge on any atom is -0.497 e. The van der Waals surface area contributed by atoms with Crippen molar-refractivity contribution in [3.63, 3.8) is 0 Å². The Kier molecular flexibility index (Phi) is 6.85. The molecule has 0 fully saturated rings. The molecule has 0 aliphatic carbocycles. The van der Waals surface area contributed by atoms with Crippen molar-refractivity contribution >= 4 is 46.2 Å². The second kappa shape index (κ2) is 9.10. The molecule has 2 rings (SSSR count). The maximum absolute atomic E-state index is 11.8. The van der Waals surface area contributed by atoms with E-state index in [0.717, 1.165) is 22.7 Å². The fraction of sp³-hybridized carbons (Fsp3) is 0.176. The van der Waals surface area contributed by atoms with Crippen LogP contribution in [0, 0.1) is 6.92 Å². The first-order valence-electron chi connectivity index (χ1n) is 7.48. The van der Waals surface area contributed by atoms with Gasteiger partial charge in [0.05, 0.1) is 13.7 Å². The van der Waals surface area contributed by atoms with Crippen LogP contribution in [0.4, 0.5) is 11.4 Å². The highest BCUT2D eigenvalue weighted by atomic mass is 35.5. The Bertz CT molecular complexity index is 753. The molecule has 0 aliphatic heterocycles. The molecule has 6 nitrogen and oxygen atoms in total. The summed E-state index contributed by atoms with van der Waals surface area (Å²) in [6.45, 7) is 2.01. The number of methoxy groups -OCH3 is 1. The molecule has 4 N–H and O–H groups in total. The average molecular weight is 379 g/mol. The van der Waals surface area contributed by atoms with Gasteiger partial charge in [-0.3, -0.25) is 15.6 Å². The predicted octanol–water partition coefficient (Wildman–Crippen LogP) is 3.09. The smallest absolute Gasteiger partial charge is 0.257 e. The molecule has 8 heteroatoms. The second-order valence-electron chi connectivity index (χ2n) is 5.17. The van der Waals surface area contributed by atoms with Gasteiger partial charge in [0.25, 0.3) is 5.91 Å². The molecule has 0 aromatic heterocycles. The van der Waals surface area contributed by atoms with Gasteiger partial charge in [-0.15, -0.1) is 0 Å². The number of anilines is 2. The van der Waals surface area contributed by atoms with E-state index in [1.54, 1.807) is 13.2 Å². The zero-order valence-electron chi connectivity index (χ0n) is 13.9. The minimum atomic E-state index is -0.262.